The van der Waals surface area contributed by atoms with Gasteiger partial charge in [0.1, 0.15) is 18.0 Å². The predicted octanol–water partition coefficient (Wildman–Crippen LogP) is 0.819. The number of rotatable bonds is 6. The van der Waals surface area contributed by atoms with Crippen LogP contribution in [0.15, 0.2) is 18.2 Å². The van der Waals surface area contributed by atoms with Crippen molar-refractivity contribution < 1.29 is 14.8 Å². The molecule has 3 rings (SSSR count). The Morgan fingerprint density at radius 2 is 2.29 bits per heavy atom. The molecule has 2 aromatic rings. The van der Waals surface area contributed by atoms with Crippen molar-refractivity contribution in [3.8, 4) is 11.4 Å². The zero-order chi connectivity index (χ0) is 14.8. The fourth-order valence-electron chi connectivity index (χ4n) is 2.02. The third-order valence-corrected chi connectivity index (χ3v) is 3.17. The minimum Gasteiger partial charge on any atom is -0.489 e. The Morgan fingerprint density at radius 3 is 2.95 bits per heavy atom. The van der Waals surface area contributed by atoms with E-state index in [-0.39, 0.29) is 24.8 Å². The van der Waals surface area contributed by atoms with Crippen LogP contribution in [0.1, 0.15) is 24.6 Å². The van der Waals surface area contributed by atoms with Gasteiger partial charge in [-0.3, -0.25) is 10.1 Å². The third-order valence-electron chi connectivity index (χ3n) is 3.17. The van der Waals surface area contributed by atoms with E-state index in [0.29, 0.717) is 17.3 Å². The maximum absolute atomic E-state index is 10.9. The SMILES string of the molecule is O=[N+]([O-])c1ccc(OCCO)c(-n2nnnc2C2CC2)c1. The van der Waals surface area contributed by atoms with Crippen LogP contribution in [-0.4, -0.2) is 43.5 Å². The quantitative estimate of drug-likeness (QED) is 0.618. The van der Waals surface area contributed by atoms with E-state index >= 15 is 0 Å². The van der Waals surface area contributed by atoms with Gasteiger partial charge in [-0.1, -0.05) is 0 Å². The summed E-state index contributed by atoms with van der Waals surface area (Å²) in [7, 11) is 0. The monoisotopic (exact) mass is 291 g/mol. The summed E-state index contributed by atoms with van der Waals surface area (Å²) in [6.07, 6.45) is 2.00. The van der Waals surface area contributed by atoms with Crippen LogP contribution in [0.2, 0.25) is 0 Å². The number of benzene rings is 1. The van der Waals surface area contributed by atoms with Gasteiger partial charge in [0, 0.05) is 18.1 Å². The molecule has 9 heteroatoms. The molecule has 110 valence electrons. The summed E-state index contributed by atoms with van der Waals surface area (Å²) < 4.78 is 6.88. The Balaban J connectivity index is 2.05. The van der Waals surface area contributed by atoms with Crippen LogP contribution in [0.25, 0.3) is 5.69 Å². The molecule has 1 saturated carbocycles. The Bertz CT molecular complexity index is 667. The van der Waals surface area contributed by atoms with Crippen LogP contribution >= 0.6 is 0 Å². The Labute approximate surface area is 119 Å². The second-order valence-corrected chi connectivity index (χ2v) is 4.70. The highest BCUT2D eigenvalue weighted by atomic mass is 16.6. The maximum Gasteiger partial charge on any atom is 0.271 e. The second kappa shape index (κ2) is 5.44. The van der Waals surface area contributed by atoms with Crippen LogP contribution in [0.3, 0.4) is 0 Å². The van der Waals surface area contributed by atoms with Gasteiger partial charge in [-0.2, -0.15) is 4.68 Å². The van der Waals surface area contributed by atoms with E-state index in [2.05, 4.69) is 15.5 Å². The molecule has 21 heavy (non-hydrogen) atoms. The largest absolute Gasteiger partial charge is 0.489 e. The van der Waals surface area contributed by atoms with E-state index in [1.54, 1.807) is 0 Å². The highest BCUT2D eigenvalue weighted by molar-refractivity contribution is 5.53. The Hall–Kier alpha value is -2.55. The fraction of sp³-hybridized carbons (Fsp3) is 0.417. The van der Waals surface area contributed by atoms with Crippen molar-refractivity contribution in [3.63, 3.8) is 0 Å². The lowest BCUT2D eigenvalue weighted by Gasteiger charge is -2.11. The van der Waals surface area contributed by atoms with Crippen LogP contribution in [0, 0.1) is 10.1 Å². The number of aliphatic hydroxyl groups is 1. The van der Waals surface area contributed by atoms with Gasteiger partial charge < -0.3 is 9.84 Å². The summed E-state index contributed by atoms with van der Waals surface area (Å²) in [4.78, 5) is 10.5. The number of hydrogen-bond donors (Lipinski definition) is 1. The second-order valence-electron chi connectivity index (χ2n) is 4.70. The molecule has 0 atom stereocenters. The number of nitro groups is 1. The minimum atomic E-state index is -0.486. The summed E-state index contributed by atoms with van der Waals surface area (Å²) in [5.74, 6) is 1.35. The molecular formula is C12H13N5O4. The maximum atomic E-state index is 10.9. The van der Waals surface area contributed by atoms with Crippen molar-refractivity contribution in [2.75, 3.05) is 13.2 Å². The molecule has 1 heterocycles. The molecule has 0 amide bonds. The van der Waals surface area contributed by atoms with Crippen LogP contribution in [0.4, 0.5) is 5.69 Å². The molecule has 1 aromatic heterocycles. The standard InChI is InChI=1S/C12H13N5O4/c18-5-6-21-11-4-3-9(17(19)20)7-10(11)16-12(8-1-2-8)13-14-15-16/h3-4,7-8,18H,1-2,5-6H2. The van der Waals surface area contributed by atoms with Gasteiger partial charge in [-0.05, 0) is 29.3 Å². The molecule has 1 aliphatic carbocycles. The lowest BCUT2D eigenvalue weighted by molar-refractivity contribution is -0.384. The topological polar surface area (TPSA) is 116 Å². The summed E-state index contributed by atoms with van der Waals surface area (Å²) in [6, 6.07) is 4.20. The molecule has 0 unspecified atom stereocenters. The molecule has 1 aromatic carbocycles. The van der Waals surface area contributed by atoms with E-state index in [1.165, 1.54) is 22.9 Å². The van der Waals surface area contributed by atoms with Gasteiger partial charge in [-0.25, -0.2) is 0 Å². The summed E-state index contributed by atoms with van der Waals surface area (Å²) in [5.41, 5.74) is 0.336. The Morgan fingerprint density at radius 1 is 1.48 bits per heavy atom. The van der Waals surface area contributed by atoms with Crippen LogP contribution in [-0.2, 0) is 0 Å². The molecule has 1 aliphatic rings. The van der Waals surface area contributed by atoms with Gasteiger partial charge >= 0.3 is 0 Å². The van der Waals surface area contributed by atoms with Gasteiger partial charge in [0.05, 0.1) is 11.5 Å². The van der Waals surface area contributed by atoms with Crippen molar-refractivity contribution in [3.05, 3.63) is 34.1 Å². The zero-order valence-electron chi connectivity index (χ0n) is 11.0. The molecule has 9 nitrogen and oxygen atoms in total. The first-order valence-corrected chi connectivity index (χ1v) is 6.51. The van der Waals surface area contributed by atoms with Gasteiger partial charge in [-0.15, -0.1) is 5.10 Å². The molecule has 0 bridgehead atoms. The lowest BCUT2D eigenvalue weighted by atomic mass is 10.2. The molecule has 1 N–H and O–H groups in total. The first kappa shape index (κ1) is 13.4. The number of nitro benzene ring substituents is 1. The molecule has 0 radical (unpaired) electrons. The summed E-state index contributed by atoms with van der Waals surface area (Å²) in [6.45, 7) is -0.0623. The average molecular weight is 291 g/mol. The molecule has 0 spiro atoms. The van der Waals surface area contributed by atoms with Crippen LogP contribution in [0.5, 0.6) is 5.75 Å². The smallest absolute Gasteiger partial charge is 0.271 e. The van der Waals surface area contributed by atoms with E-state index < -0.39 is 4.92 Å². The van der Waals surface area contributed by atoms with Gasteiger partial charge in [0.15, 0.2) is 5.82 Å². The van der Waals surface area contributed by atoms with Crippen LogP contribution < -0.4 is 4.74 Å². The van der Waals surface area contributed by atoms with E-state index in [9.17, 15) is 10.1 Å². The first-order valence-electron chi connectivity index (χ1n) is 6.51. The number of aromatic nitrogens is 4. The Kier molecular flexibility index (Phi) is 3.48. The molecule has 0 aliphatic heterocycles. The first-order chi connectivity index (χ1) is 10.2. The number of ether oxygens (including phenoxy) is 1. The highest BCUT2D eigenvalue weighted by Gasteiger charge is 2.31. The average Bonchev–Trinajstić information content (AvgIpc) is 3.22. The van der Waals surface area contributed by atoms with Crippen molar-refractivity contribution in [1.29, 1.82) is 0 Å². The minimum absolute atomic E-state index is 0.0707. The van der Waals surface area contributed by atoms with E-state index in [4.69, 9.17) is 9.84 Å². The van der Waals surface area contributed by atoms with Gasteiger partial charge in [0.25, 0.3) is 5.69 Å². The van der Waals surface area contributed by atoms with Crippen molar-refractivity contribution in [1.82, 2.24) is 20.2 Å². The zero-order valence-corrected chi connectivity index (χ0v) is 11.0. The third kappa shape index (κ3) is 2.68. The van der Waals surface area contributed by atoms with Crippen molar-refractivity contribution in [2.45, 2.75) is 18.8 Å². The number of nitrogens with zero attached hydrogens (tertiary/aromatic N) is 5. The normalized spacial score (nSPS) is 14.1. The number of tetrazole rings is 1. The lowest BCUT2D eigenvalue weighted by Crippen LogP contribution is -2.08. The highest BCUT2D eigenvalue weighted by Crippen LogP contribution is 2.40. The number of non-ortho nitro benzene ring substituents is 1. The van der Waals surface area contributed by atoms with Crippen molar-refractivity contribution >= 4 is 5.69 Å². The van der Waals surface area contributed by atoms with Crippen molar-refractivity contribution in [2.24, 2.45) is 0 Å². The summed E-state index contributed by atoms with van der Waals surface area (Å²) in [5, 5.41) is 31.3. The fourth-order valence-corrected chi connectivity index (χ4v) is 2.02. The van der Waals surface area contributed by atoms with E-state index in [1.807, 2.05) is 0 Å². The number of hydrogen-bond acceptors (Lipinski definition) is 7. The number of aliphatic hydroxyl groups excluding tert-OH is 1. The molecule has 1 fully saturated rings. The predicted molar refractivity (Wildman–Crippen MR) is 70.4 cm³/mol. The molecule has 0 saturated heterocycles. The molecular weight excluding hydrogens is 278 g/mol. The van der Waals surface area contributed by atoms with Gasteiger partial charge in [0.2, 0.25) is 0 Å². The summed E-state index contributed by atoms with van der Waals surface area (Å²) >= 11 is 0. The van der Waals surface area contributed by atoms with E-state index in [0.717, 1.165) is 12.8 Å².